The Labute approximate surface area is 74.5 Å². The van der Waals surface area contributed by atoms with Gasteiger partial charge in [-0.15, -0.1) is 0 Å². The maximum absolute atomic E-state index is 10.8. The van der Waals surface area contributed by atoms with Gasteiger partial charge in [0.25, 0.3) is 0 Å². The summed E-state index contributed by atoms with van der Waals surface area (Å²) >= 11 is 0. The van der Waals surface area contributed by atoms with Gasteiger partial charge in [0.2, 0.25) is 0 Å². The van der Waals surface area contributed by atoms with Gasteiger partial charge in [-0.05, 0) is 18.8 Å². The predicted molar refractivity (Wildman–Crippen MR) is 41.9 cm³/mol. The number of rotatable bonds is 3. The van der Waals surface area contributed by atoms with Crippen LogP contribution in [0.5, 0.6) is 0 Å². The lowest BCUT2D eigenvalue weighted by Crippen LogP contribution is -2.71. The summed E-state index contributed by atoms with van der Waals surface area (Å²) in [5, 5.41) is 17.5. The average molecular weight is 185 g/mol. The average Bonchev–Trinajstić information content (AvgIpc) is 1.79. The quantitative estimate of drug-likeness (QED) is 0.550. The maximum Gasteiger partial charge on any atom is 0.320 e. The van der Waals surface area contributed by atoms with Crippen LogP contribution in [0, 0.1) is 17.3 Å². The van der Waals surface area contributed by atoms with Gasteiger partial charge in [-0.2, -0.15) is 0 Å². The van der Waals surface area contributed by atoms with E-state index in [2.05, 4.69) is 0 Å². The van der Waals surface area contributed by atoms with Crippen LogP contribution in [-0.2, 0) is 9.59 Å². The van der Waals surface area contributed by atoms with Crippen molar-refractivity contribution in [2.75, 3.05) is 0 Å². The van der Waals surface area contributed by atoms with Crippen molar-refractivity contribution in [3.63, 3.8) is 0 Å². The number of nitrogens with two attached hydrogens (primary N) is 1. The Bertz CT molecular complexity index is 282. The lowest BCUT2D eigenvalue weighted by atomic mass is 9.36. The van der Waals surface area contributed by atoms with Gasteiger partial charge in [-0.25, -0.2) is 0 Å². The van der Waals surface area contributed by atoms with E-state index in [1.54, 1.807) is 0 Å². The first-order valence-corrected chi connectivity index (χ1v) is 4.21. The van der Waals surface area contributed by atoms with Gasteiger partial charge in [0.1, 0.15) is 6.04 Å². The zero-order valence-corrected chi connectivity index (χ0v) is 6.93. The van der Waals surface area contributed by atoms with E-state index >= 15 is 0 Å². The summed E-state index contributed by atoms with van der Waals surface area (Å²) in [5.41, 5.74) is 4.60. The monoisotopic (exact) mass is 185 g/mol. The lowest BCUT2D eigenvalue weighted by molar-refractivity contribution is -0.223. The molecular formula is C8H11NO4. The molecule has 0 amide bonds. The van der Waals surface area contributed by atoms with Gasteiger partial charge in [0, 0.05) is 5.92 Å². The first-order chi connectivity index (χ1) is 5.99. The molecule has 0 spiro atoms. The van der Waals surface area contributed by atoms with Gasteiger partial charge < -0.3 is 15.9 Å². The van der Waals surface area contributed by atoms with E-state index < -0.39 is 23.4 Å². The topological polar surface area (TPSA) is 101 Å². The van der Waals surface area contributed by atoms with Crippen molar-refractivity contribution in [1.82, 2.24) is 0 Å². The molecule has 0 aromatic heterocycles. The van der Waals surface area contributed by atoms with Crippen molar-refractivity contribution >= 4 is 11.9 Å². The highest BCUT2D eigenvalue weighted by Crippen LogP contribution is 2.69. The van der Waals surface area contributed by atoms with Crippen LogP contribution < -0.4 is 5.73 Å². The first kappa shape index (κ1) is 8.50. The minimum absolute atomic E-state index is 0.224. The normalized spacial score (nSPS) is 42.8. The molecule has 2 atom stereocenters. The first-order valence-electron chi connectivity index (χ1n) is 4.21. The van der Waals surface area contributed by atoms with Crippen LogP contribution >= 0.6 is 0 Å². The van der Waals surface area contributed by atoms with E-state index in [4.69, 9.17) is 15.9 Å². The molecule has 0 radical (unpaired) electrons. The standard InChI is InChI=1S/C8H11NO4/c9-5(6(10)11)4-3-1-8(4,2-3)7(12)13/h3-5H,1-2,9H2,(H,10,11)(H,12,13). The Morgan fingerprint density at radius 3 is 2.15 bits per heavy atom. The van der Waals surface area contributed by atoms with Crippen LogP contribution in [0.25, 0.3) is 0 Å². The van der Waals surface area contributed by atoms with Crippen LogP contribution in [0.4, 0.5) is 0 Å². The molecule has 3 fully saturated rings. The van der Waals surface area contributed by atoms with Crippen molar-refractivity contribution < 1.29 is 19.8 Å². The molecule has 0 heterocycles. The largest absolute Gasteiger partial charge is 0.481 e. The number of hydrogen-bond donors (Lipinski definition) is 3. The van der Waals surface area contributed by atoms with Crippen LogP contribution in [0.3, 0.4) is 0 Å². The molecule has 0 aromatic carbocycles. The molecule has 2 unspecified atom stereocenters. The summed E-state index contributed by atoms with van der Waals surface area (Å²) < 4.78 is 0. The Hall–Kier alpha value is -1.10. The number of carboxylic acids is 2. The second-order valence-corrected chi connectivity index (χ2v) is 4.02. The maximum atomic E-state index is 10.8. The zero-order valence-electron chi connectivity index (χ0n) is 6.93. The molecule has 2 bridgehead atoms. The summed E-state index contributed by atoms with van der Waals surface area (Å²) in [7, 11) is 0. The Morgan fingerprint density at radius 1 is 1.38 bits per heavy atom. The summed E-state index contributed by atoms with van der Waals surface area (Å²) in [5.74, 6) is -2.11. The number of carbonyl (C=O) groups is 2. The molecule has 3 aliphatic carbocycles. The molecule has 72 valence electrons. The number of aliphatic carboxylic acids is 2. The molecule has 0 aromatic rings. The third-order valence-corrected chi connectivity index (χ3v) is 3.50. The summed E-state index contributed by atoms with van der Waals surface area (Å²) in [4.78, 5) is 21.4. The van der Waals surface area contributed by atoms with E-state index in [9.17, 15) is 9.59 Å². The van der Waals surface area contributed by atoms with Crippen molar-refractivity contribution in [3.05, 3.63) is 0 Å². The third kappa shape index (κ3) is 0.798. The Morgan fingerprint density at radius 2 is 1.92 bits per heavy atom. The molecule has 4 N–H and O–H groups in total. The van der Waals surface area contributed by atoms with Gasteiger partial charge in [0.05, 0.1) is 5.41 Å². The molecule has 5 nitrogen and oxygen atoms in total. The Kier molecular flexibility index (Phi) is 1.46. The van der Waals surface area contributed by atoms with Gasteiger partial charge in [0.15, 0.2) is 0 Å². The molecule has 5 heteroatoms. The Balaban J connectivity index is 2.12. The highest BCUT2D eigenvalue weighted by molar-refractivity contribution is 5.83. The van der Waals surface area contributed by atoms with Crippen molar-refractivity contribution in [2.45, 2.75) is 18.9 Å². The van der Waals surface area contributed by atoms with E-state index in [-0.39, 0.29) is 11.8 Å². The third-order valence-electron chi connectivity index (χ3n) is 3.50. The molecule has 0 saturated heterocycles. The van der Waals surface area contributed by atoms with E-state index in [1.807, 2.05) is 0 Å². The van der Waals surface area contributed by atoms with Crippen LogP contribution in [0.1, 0.15) is 12.8 Å². The summed E-state index contributed by atoms with van der Waals surface area (Å²) in [6.07, 6.45) is 1.21. The second kappa shape index (κ2) is 2.23. The van der Waals surface area contributed by atoms with Gasteiger partial charge >= 0.3 is 11.9 Å². The SMILES string of the molecule is NC(C(=O)O)C1C2CC1(C(=O)O)C2. The van der Waals surface area contributed by atoms with Gasteiger partial charge in [-0.1, -0.05) is 0 Å². The van der Waals surface area contributed by atoms with Crippen molar-refractivity contribution in [2.24, 2.45) is 23.0 Å². The van der Waals surface area contributed by atoms with E-state index in [0.29, 0.717) is 12.8 Å². The van der Waals surface area contributed by atoms with Crippen molar-refractivity contribution in [3.8, 4) is 0 Å². The van der Waals surface area contributed by atoms with Crippen molar-refractivity contribution in [1.29, 1.82) is 0 Å². The number of carboxylic acid groups (broad SMARTS) is 2. The van der Waals surface area contributed by atoms with Gasteiger partial charge in [-0.3, -0.25) is 9.59 Å². The smallest absolute Gasteiger partial charge is 0.320 e. The highest BCUT2D eigenvalue weighted by atomic mass is 16.4. The fraction of sp³-hybridized carbons (Fsp3) is 0.750. The zero-order chi connectivity index (χ0) is 9.80. The summed E-state index contributed by atoms with van der Waals surface area (Å²) in [6.45, 7) is 0. The molecule has 3 saturated carbocycles. The minimum Gasteiger partial charge on any atom is -0.481 e. The van der Waals surface area contributed by atoms with Crippen LogP contribution in [0.2, 0.25) is 0 Å². The molecule has 13 heavy (non-hydrogen) atoms. The predicted octanol–water partition coefficient (Wildman–Crippen LogP) is -0.491. The molecule has 3 rings (SSSR count). The molecule has 3 aliphatic rings. The highest BCUT2D eigenvalue weighted by Gasteiger charge is 2.72. The lowest BCUT2D eigenvalue weighted by Gasteiger charge is -2.66. The molecule has 0 aliphatic heterocycles. The second-order valence-electron chi connectivity index (χ2n) is 4.02. The summed E-state index contributed by atoms with van der Waals surface area (Å²) in [6, 6.07) is -1.01. The fourth-order valence-corrected chi connectivity index (χ4v) is 2.64. The van der Waals surface area contributed by atoms with E-state index in [0.717, 1.165) is 0 Å². The van der Waals surface area contributed by atoms with Crippen LogP contribution in [0.15, 0.2) is 0 Å². The van der Waals surface area contributed by atoms with Crippen LogP contribution in [-0.4, -0.2) is 28.2 Å². The fourth-order valence-electron chi connectivity index (χ4n) is 2.64. The van der Waals surface area contributed by atoms with E-state index in [1.165, 1.54) is 0 Å². The minimum atomic E-state index is -1.10. The molecular weight excluding hydrogens is 174 g/mol. The number of hydrogen-bond acceptors (Lipinski definition) is 3.